The molecule has 108 valence electrons. The highest BCUT2D eigenvalue weighted by Gasteiger charge is 2.19. The first kappa shape index (κ1) is 14.9. The van der Waals surface area contributed by atoms with E-state index in [9.17, 15) is 4.79 Å². The molecule has 0 N–H and O–H groups in total. The average molecular weight is 295 g/mol. The maximum absolute atomic E-state index is 11.2. The predicted molar refractivity (Wildman–Crippen MR) is 78.2 cm³/mol. The summed E-state index contributed by atoms with van der Waals surface area (Å²) in [7, 11) is 0. The van der Waals surface area contributed by atoms with E-state index in [0.29, 0.717) is 11.8 Å². The van der Waals surface area contributed by atoms with E-state index in [1.54, 1.807) is 18.3 Å². The van der Waals surface area contributed by atoms with Crippen LogP contribution in [0.1, 0.15) is 31.7 Å². The number of hydrogen-bond donors (Lipinski definition) is 0. The van der Waals surface area contributed by atoms with E-state index in [-0.39, 0.29) is 5.97 Å². The molecule has 1 aromatic heterocycles. The number of cyclic esters (lactones) is 1. The van der Waals surface area contributed by atoms with Crippen molar-refractivity contribution in [3.63, 3.8) is 0 Å². The van der Waals surface area contributed by atoms with Gasteiger partial charge in [-0.2, -0.15) is 0 Å². The van der Waals surface area contributed by atoms with Crippen LogP contribution in [0, 0.1) is 0 Å². The van der Waals surface area contributed by atoms with Crippen LogP contribution in [0.3, 0.4) is 0 Å². The molecule has 4 nitrogen and oxygen atoms in total. The van der Waals surface area contributed by atoms with Crippen LogP contribution in [0.25, 0.3) is 0 Å². The number of carbonyl (C=O) groups excluding carboxylic acids is 1. The Labute approximate surface area is 124 Å². The summed E-state index contributed by atoms with van der Waals surface area (Å²) in [6.45, 7) is 4.18. The zero-order valence-electron chi connectivity index (χ0n) is 11.6. The molecule has 0 spiro atoms. The lowest BCUT2D eigenvalue weighted by molar-refractivity contribution is -0.135. The molecule has 1 aromatic rings. The van der Waals surface area contributed by atoms with Crippen LogP contribution in [0.2, 0.25) is 5.15 Å². The van der Waals surface area contributed by atoms with E-state index in [1.165, 1.54) is 12.8 Å². The van der Waals surface area contributed by atoms with E-state index in [0.717, 1.165) is 30.8 Å². The highest BCUT2D eigenvalue weighted by molar-refractivity contribution is 6.29. The first-order valence-corrected chi connectivity index (χ1v) is 7.29. The van der Waals surface area contributed by atoms with Gasteiger partial charge in [0.25, 0.3) is 0 Å². The smallest absolute Gasteiger partial charge is 0.333 e. The SMILES string of the molecule is CCCCCN(Cc1ccc(Cl)nc1)C1=CC(=O)OC1. The van der Waals surface area contributed by atoms with Crippen LogP contribution in [-0.4, -0.2) is 29.0 Å². The second kappa shape index (κ2) is 7.29. The lowest BCUT2D eigenvalue weighted by Crippen LogP contribution is -2.24. The van der Waals surface area contributed by atoms with Gasteiger partial charge in [0.15, 0.2) is 0 Å². The monoisotopic (exact) mass is 294 g/mol. The summed E-state index contributed by atoms with van der Waals surface area (Å²) in [6.07, 6.45) is 6.80. The average Bonchev–Trinajstić information content (AvgIpc) is 2.87. The van der Waals surface area contributed by atoms with Crippen molar-refractivity contribution in [1.29, 1.82) is 0 Å². The number of hydrogen-bond acceptors (Lipinski definition) is 4. The lowest BCUT2D eigenvalue weighted by Gasteiger charge is -2.25. The van der Waals surface area contributed by atoms with Gasteiger partial charge in [-0.1, -0.05) is 37.4 Å². The number of nitrogens with zero attached hydrogens (tertiary/aromatic N) is 2. The molecule has 0 saturated heterocycles. The van der Waals surface area contributed by atoms with Gasteiger partial charge in [-0.3, -0.25) is 0 Å². The molecular weight excluding hydrogens is 276 g/mol. The largest absolute Gasteiger partial charge is 0.456 e. The number of esters is 1. The van der Waals surface area contributed by atoms with E-state index < -0.39 is 0 Å². The number of carbonyl (C=O) groups is 1. The van der Waals surface area contributed by atoms with Gasteiger partial charge >= 0.3 is 5.97 Å². The molecule has 0 atom stereocenters. The van der Waals surface area contributed by atoms with Crippen LogP contribution in [0.15, 0.2) is 30.1 Å². The molecule has 0 radical (unpaired) electrons. The minimum atomic E-state index is -0.255. The van der Waals surface area contributed by atoms with Gasteiger partial charge in [0.1, 0.15) is 11.8 Å². The number of ether oxygens (including phenoxy) is 1. The van der Waals surface area contributed by atoms with Crippen LogP contribution >= 0.6 is 11.6 Å². The van der Waals surface area contributed by atoms with Crippen molar-refractivity contribution in [1.82, 2.24) is 9.88 Å². The summed E-state index contributed by atoms with van der Waals surface area (Å²) in [5.41, 5.74) is 2.02. The van der Waals surface area contributed by atoms with Gasteiger partial charge in [0.05, 0.1) is 5.70 Å². The number of pyridine rings is 1. The van der Waals surface area contributed by atoms with Crippen molar-refractivity contribution in [2.24, 2.45) is 0 Å². The number of halogens is 1. The Hall–Kier alpha value is -1.55. The van der Waals surface area contributed by atoms with Gasteiger partial charge < -0.3 is 9.64 Å². The summed E-state index contributed by atoms with van der Waals surface area (Å²) in [5, 5.41) is 0.491. The van der Waals surface area contributed by atoms with E-state index in [2.05, 4.69) is 16.8 Å². The van der Waals surface area contributed by atoms with Crippen LogP contribution < -0.4 is 0 Å². The van der Waals surface area contributed by atoms with Crippen molar-refractivity contribution in [3.8, 4) is 0 Å². The van der Waals surface area contributed by atoms with Crippen molar-refractivity contribution in [2.75, 3.05) is 13.2 Å². The van der Waals surface area contributed by atoms with Crippen molar-refractivity contribution in [2.45, 2.75) is 32.7 Å². The molecular formula is C15H19ClN2O2. The molecule has 0 saturated carbocycles. The van der Waals surface area contributed by atoms with Crippen molar-refractivity contribution in [3.05, 3.63) is 40.8 Å². The van der Waals surface area contributed by atoms with Crippen LogP contribution in [0.5, 0.6) is 0 Å². The number of aromatic nitrogens is 1. The van der Waals surface area contributed by atoms with E-state index in [1.807, 2.05) is 6.07 Å². The summed E-state index contributed by atoms with van der Waals surface area (Å²) < 4.78 is 5.00. The Morgan fingerprint density at radius 1 is 1.40 bits per heavy atom. The zero-order valence-corrected chi connectivity index (χ0v) is 12.4. The first-order chi connectivity index (χ1) is 9.69. The minimum absolute atomic E-state index is 0.255. The van der Waals surface area contributed by atoms with Gasteiger partial charge in [-0.15, -0.1) is 0 Å². The standard InChI is InChI=1S/C15H19ClN2O2/c1-2-3-4-7-18(13-8-15(19)20-11-13)10-12-5-6-14(16)17-9-12/h5-6,8-9H,2-4,7,10-11H2,1H3. The summed E-state index contributed by atoms with van der Waals surface area (Å²) >= 11 is 5.80. The Kier molecular flexibility index (Phi) is 5.41. The summed E-state index contributed by atoms with van der Waals surface area (Å²) in [6, 6.07) is 3.74. The van der Waals surface area contributed by atoms with Crippen LogP contribution in [-0.2, 0) is 16.1 Å². The molecule has 5 heteroatoms. The third-order valence-corrected chi connectivity index (χ3v) is 3.47. The Bertz CT molecular complexity index is 485. The fourth-order valence-electron chi connectivity index (χ4n) is 2.14. The molecule has 0 unspecified atom stereocenters. The van der Waals surface area contributed by atoms with E-state index >= 15 is 0 Å². The van der Waals surface area contributed by atoms with Gasteiger partial charge in [-0.25, -0.2) is 9.78 Å². The molecule has 2 rings (SSSR count). The highest BCUT2D eigenvalue weighted by atomic mass is 35.5. The molecule has 0 aliphatic carbocycles. The maximum atomic E-state index is 11.2. The highest BCUT2D eigenvalue weighted by Crippen LogP contribution is 2.17. The zero-order chi connectivity index (χ0) is 14.4. The predicted octanol–water partition coefficient (Wildman–Crippen LogP) is 3.17. The third-order valence-electron chi connectivity index (χ3n) is 3.25. The van der Waals surface area contributed by atoms with Gasteiger partial charge in [0.2, 0.25) is 0 Å². The number of rotatable bonds is 7. The molecule has 0 aromatic carbocycles. The normalized spacial score (nSPS) is 14.1. The second-order valence-corrected chi connectivity index (χ2v) is 5.25. The number of unbranched alkanes of at least 4 members (excludes halogenated alkanes) is 2. The minimum Gasteiger partial charge on any atom is -0.456 e. The molecule has 2 heterocycles. The second-order valence-electron chi connectivity index (χ2n) is 4.86. The van der Waals surface area contributed by atoms with Gasteiger partial charge in [0, 0.05) is 25.4 Å². The Balaban J connectivity index is 2.03. The first-order valence-electron chi connectivity index (χ1n) is 6.91. The molecule has 0 amide bonds. The molecule has 0 fully saturated rings. The molecule has 0 bridgehead atoms. The lowest BCUT2D eigenvalue weighted by atomic mass is 10.2. The van der Waals surface area contributed by atoms with Crippen LogP contribution in [0.4, 0.5) is 0 Å². The fourth-order valence-corrected chi connectivity index (χ4v) is 2.26. The molecule has 20 heavy (non-hydrogen) atoms. The third kappa shape index (κ3) is 4.23. The Morgan fingerprint density at radius 3 is 2.85 bits per heavy atom. The summed E-state index contributed by atoms with van der Waals surface area (Å²) in [5.74, 6) is -0.255. The maximum Gasteiger partial charge on any atom is 0.333 e. The van der Waals surface area contributed by atoms with Crippen molar-refractivity contribution < 1.29 is 9.53 Å². The topological polar surface area (TPSA) is 42.4 Å². The quantitative estimate of drug-likeness (QED) is 0.440. The van der Waals surface area contributed by atoms with Gasteiger partial charge in [-0.05, 0) is 18.1 Å². The Morgan fingerprint density at radius 2 is 2.25 bits per heavy atom. The summed E-state index contributed by atoms with van der Waals surface area (Å²) in [4.78, 5) is 17.5. The van der Waals surface area contributed by atoms with E-state index in [4.69, 9.17) is 16.3 Å². The van der Waals surface area contributed by atoms with Crippen molar-refractivity contribution >= 4 is 17.6 Å². The fraction of sp³-hybridized carbons (Fsp3) is 0.467. The molecule has 1 aliphatic rings. The molecule has 1 aliphatic heterocycles.